The largest absolute Gasteiger partial charge is 0.490 e. The summed E-state index contributed by atoms with van der Waals surface area (Å²) in [4.78, 5) is 39.5. The number of carbonyl (C=O) groups excluding carboxylic acids is 3. The van der Waals surface area contributed by atoms with Crippen molar-refractivity contribution in [3.05, 3.63) is 91.4 Å². The van der Waals surface area contributed by atoms with Crippen LogP contribution in [0.1, 0.15) is 29.2 Å². The van der Waals surface area contributed by atoms with E-state index in [0.717, 1.165) is 10.5 Å². The minimum Gasteiger partial charge on any atom is -0.490 e. The van der Waals surface area contributed by atoms with E-state index in [-0.39, 0.29) is 23.0 Å². The van der Waals surface area contributed by atoms with E-state index in [1.54, 1.807) is 50.2 Å². The summed E-state index contributed by atoms with van der Waals surface area (Å²) in [6.07, 6.45) is 1.36. The minimum atomic E-state index is -0.818. The van der Waals surface area contributed by atoms with E-state index in [9.17, 15) is 14.4 Å². The van der Waals surface area contributed by atoms with Crippen molar-refractivity contribution in [2.75, 3.05) is 11.5 Å². The normalized spacial score (nSPS) is 14.6. The molecule has 0 bridgehead atoms. The Hall–Kier alpha value is -3.52. The number of halogens is 3. The first-order valence-corrected chi connectivity index (χ1v) is 12.7. The predicted molar refractivity (Wildman–Crippen MR) is 148 cm³/mol. The third-order valence-electron chi connectivity index (χ3n) is 5.72. The Morgan fingerprint density at radius 2 is 1.68 bits per heavy atom. The molecule has 1 aliphatic heterocycles. The van der Waals surface area contributed by atoms with Crippen molar-refractivity contribution >= 4 is 64.4 Å². The van der Waals surface area contributed by atoms with Gasteiger partial charge in [0.05, 0.1) is 17.3 Å². The molecule has 0 atom stereocenters. The standard InChI is InChI=1S/C28H23Cl3N2O5/c1-4-37-24-12-17(11-22(31)25(24)38-14-18-6-7-19(29)13-21(18)30)10-20-26(34)32-28(36)33(27(20)35)23-8-5-15(2)9-16(23)3/h5-13H,4,14H2,1-3H3,(H,32,34,36)/b20-10+. The molecule has 7 nitrogen and oxygen atoms in total. The first-order chi connectivity index (χ1) is 18.1. The third-order valence-corrected chi connectivity index (χ3v) is 6.59. The quantitative estimate of drug-likeness (QED) is 0.245. The number of imide groups is 2. The third kappa shape index (κ3) is 5.80. The van der Waals surface area contributed by atoms with Crippen molar-refractivity contribution in [3.8, 4) is 11.5 Å². The zero-order valence-electron chi connectivity index (χ0n) is 20.7. The van der Waals surface area contributed by atoms with Crippen molar-refractivity contribution in [3.63, 3.8) is 0 Å². The van der Waals surface area contributed by atoms with Crippen LogP contribution < -0.4 is 19.7 Å². The van der Waals surface area contributed by atoms with Crippen LogP contribution in [-0.4, -0.2) is 24.5 Å². The SMILES string of the molecule is CCOc1cc(/C=C2\C(=O)NC(=O)N(c3ccc(C)cc3C)C2=O)cc(Cl)c1OCc1ccc(Cl)cc1Cl. The number of nitrogens with zero attached hydrogens (tertiary/aromatic N) is 1. The van der Waals surface area contributed by atoms with Gasteiger partial charge in [-0.2, -0.15) is 0 Å². The Morgan fingerprint density at radius 3 is 2.37 bits per heavy atom. The molecular formula is C28H23Cl3N2O5. The number of benzene rings is 3. The molecule has 0 aliphatic carbocycles. The predicted octanol–water partition coefficient (Wildman–Crippen LogP) is 6.91. The maximum Gasteiger partial charge on any atom is 0.335 e. The zero-order chi connectivity index (χ0) is 27.6. The number of aryl methyl sites for hydroxylation is 2. The lowest BCUT2D eigenvalue weighted by molar-refractivity contribution is -0.122. The molecule has 3 aromatic carbocycles. The molecule has 4 rings (SSSR count). The van der Waals surface area contributed by atoms with Crippen LogP contribution in [0.5, 0.6) is 11.5 Å². The Kier molecular flexibility index (Phi) is 8.31. The van der Waals surface area contributed by atoms with Gasteiger partial charge in [0.25, 0.3) is 11.8 Å². The summed E-state index contributed by atoms with van der Waals surface area (Å²) in [6, 6.07) is 12.7. The van der Waals surface area contributed by atoms with Gasteiger partial charge in [0.1, 0.15) is 12.2 Å². The highest BCUT2D eigenvalue weighted by Crippen LogP contribution is 2.38. The van der Waals surface area contributed by atoms with E-state index in [2.05, 4.69) is 5.32 Å². The molecule has 1 saturated heterocycles. The second kappa shape index (κ2) is 11.5. The summed E-state index contributed by atoms with van der Waals surface area (Å²) < 4.78 is 11.7. The topological polar surface area (TPSA) is 84.9 Å². The van der Waals surface area contributed by atoms with Gasteiger partial charge in [-0.05, 0) is 68.3 Å². The first-order valence-electron chi connectivity index (χ1n) is 11.6. The fourth-order valence-electron chi connectivity index (χ4n) is 3.96. The van der Waals surface area contributed by atoms with Crippen molar-refractivity contribution in [1.29, 1.82) is 0 Å². The van der Waals surface area contributed by atoms with Gasteiger partial charge in [-0.3, -0.25) is 14.9 Å². The van der Waals surface area contributed by atoms with E-state index in [4.69, 9.17) is 44.3 Å². The van der Waals surface area contributed by atoms with Crippen molar-refractivity contribution < 1.29 is 23.9 Å². The van der Waals surface area contributed by atoms with E-state index in [0.29, 0.717) is 44.8 Å². The van der Waals surface area contributed by atoms with E-state index in [1.807, 2.05) is 13.0 Å². The van der Waals surface area contributed by atoms with Crippen LogP contribution in [0.25, 0.3) is 6.08 Å². The molecule has 0 radical (unpaired) electrons. The summed E-state index contributed by atoms with van der Waals surface area (Å²) in [6.45, 7) is 5.89. The number of amides is 4. The van der Waals surface area contributed by atoms with Crippen LogP contribution in [0, 0.1) is 13.8 Å². The average molecular weight is 574 g/mol. The van der Waals surface area contributed by atoms with Crippen molar-refractivity contribution in [2.45, 2.75) is 27.4 Å². The van der Waals surface area contributed by atoms with Gasteiger partial charge in [0, 0.05) is 15.6 Å². The summed E-state index contributed by atoms with van der Waals surface area (Å²) in [5.74, 6) is -0.985. The summed E-state index contributed by atoms with van der Waals surface area (Å²) in [5.41, 5.74) is 2.94. The lowest BCUT2D eigenvalue weighted by Gasteiger charge is -2.27. The highest BCUT2D eigenvalue weighted by Gasteiger charge is 2.37. The van der Waals surface area contributed by atoms with Crippen molar-refractivity contribution in [2.24, 2.45) is 0 Å². The van der Waals surface area contributed by atoms with Gasteiger partial charge in [0.2, 0.25) is 0 Å². The number of rotatable bonds is 7. The molecule has 10 heteroatoms. The Labute approximate surface area is 234 Å². The van der Waals surface area contributed by atoms with Gasteiger partial charge in [-0.25, -0.2) is 9.69 Å². The van der Waals surface area contributed by atoms with Crippen LogP contribution in [0.2, 0.25) is 15.1 Å². The molecule has 1 aliphatic rings. The Bertz CT molecular complexity index is 1490. The highest BCUT2D eigenvalue weighted by molar-refractivity contribution is 6.39. The summed E-state index contributed by atoms with van der Waals surface area (Å²) >= 11 is 18.7. The maximum atomic E-state index is 13.3. The number of urea groups is 1. The lowest BCUT2D eigenvalue weighted by atomic mass is 10.0. The van der Waals surface area contributed by atoms with Gasteiger partial charge in [-0.1, -0.05) is 58.6 Å². The van der Waals surface area contributed by atoms with Crippen LogP contribution in [0.3, 0.4) is 0 Å². The second-order valence-corrected chi connectivity index (χ2v) is 9.79. The molecule has 38 heavy (non-hydrogen) atoms. The van der Waals surface area contributed by atoms with Crippen molar-refractivity contribution in [1.82, 2.24) is 5.32 Å². The molecule has 0 saturated carbocycles. The van der Waals surface area contributed by atoms with E-state index < -0.39 is 17.8 Å². The Balaban J connectivity index is 1.67. The molecule has 196 valence electrons. The number of carbonyl (C=O) groups is 3. The number of nitrogens with one attached hydrogen (secondary N) is 1. The van der Waals surface area contributed by atoms with Crippen LogP contribution in [0.4, 0.5) is 10.5 Å². The van der Waals surface area contributed by atoms with Crippen LogP contribution in [0.15, 0.2) is 54.1 Å². The molecule has 0 unspecified atom stereocenters. The number of anilines is 1. The highest BCUT2D eigenvalue weighted by atomic mass is 35.5. The average Bonchev–Trinajstić information content (AvgIpc) is 2.83. The second-order valence-electron chi connectivity index (χ2n) is 8.54. The van der Waals surface area contributed by atoms with Crippen LogP contribution >= 0.6 is 34.8 Å². The number of hydrogen-bond acceptors (Lipinski definition) is 5. The molecular weight excluding hydrogens is 551 g/mol. The maximum absolute atomic E-state index is 13.3. The fraction of sp³-hybridized carbons (Fsp3) is 0.179. The lowest BCUT2D eigenvalue weighted by Crippen LogP contribution is -2.54. The number of ether oxygens (including phenoxy) is 2. The monoisotopic (exact) mass is 572 g/mol. The van der Waals surface area contributed by atoms with Gasteiger partial charge in [-0.15, -0.1) is 0 Å². The first kappa shape index (κ1) is 27.5. The van der Waals surface area contributed by atoms with E-state index >= 15 is 0 Å². The van der Waals surface area contributed by atoms with Gasteiger partial charge in [0.15, 0.2) is 11.5 Å². The van der Waals surface area contributed by atoms with Gasteiger partial charge < -0.3 is 9.47 Å². The molecule has 1 heterocycles. The summed E-state index contributed by atoms with van der Waals surface area (Å²) in [5, 5.41) is 3.37. The molecule has 0 spiro atoms. The summed E-state index contributed by atoms with van der Waals surface area (Å²) in [7, 11) is 0. The Morgan fingerprint density at radius 1 is 0.921 bits per heavy atom. The van der Waals surface area contributed by atoms with Gasteiger partial charge >= 0.3 is 6.03 Å². The number of hydrogen-bond donors (Lipinski definition) is 1. The number of barbiturate groups is 1. The molecule has 3 aromatic rings. The van der Waals surface area contributed by atoms with E-state index in [1.165, 1.54) is 12.1 Å². The zero-order valence-corrected chi connectivity index (χ0v) is 23.0. The molecule has 4 amide bonds. The molecule has 0 aromatic heterocycles. The molecule has 1 fully saturated rings. The fourth-order valence-corrected chi connectivity index (χ4v) is 4.70. The smallest absolute Gasteiger partial charge is 0.335 e. The van der Waals surface area contributed by atoms with Crippen LogP contribution in [-0.2, 0) is 16.2 Å². The minimum absolute atomic E-state index is 0.101. The molecule has 1 N–H and O–H groups in total.